The van der Waals surface area contributed by atoms with Crippen LogP contribution in [0, 0.1) is 5.41 Å². The number of carbonyl (C=O) groups excluding carboxylic acids is 2. The molecule has 4 nitrogen and oxygen atoms in total. The lowest BCUT2D eigenvalue weighted by atomic mass is 9.90. The van der Waals surface area contributed by atoms with Crippen molar-refractivity contribution in [2.45, 2.75) is 53.8 Å². The number of carbonyl (C=O) groups is 2. The lowest BCUT2D eigenvalue weighted by molar-refractivity contribution is -0.146. The van der Waals surface area contributed by atoms with Crippen LogP contribution >= 0.6 is 0 Å². The minimum atomic E-state index is -0.515. The van der Waals surface area contributed by atoms with Gasteiger partial charge >= 0.3 is 11.9 Å². The zero-order valence-electron chi connectivity index (χ0n) is 13.6. The van der Waals surface area contributed by atoms with Crippen molar-refractivity contribution in [3.05, 3.63) is 35.5 Å². The Morgan fingerprint density at radius 1 is 0.952 bits per heavy atom. The fourth-order valence-corrected chi connectivity index (χ4v) is 1.88. The molecule has 0 aromatic carbocycles. The second kappa shape index (κ2) is 6.74. The molecular weight excluding hydrogens is 268 g/mol. The third kappa shape index (κ3) is 5.21. The maximum atomic E-state index is 12.3. The Bertz CT molecular complexity index is 505. The summed E-state index contributed by atoms with van der Waals surface area (Å²) >= 11 is 0. The van der Waals surface area contributed by atoms with Crippen LogP contribution in [-0.4, -0.2) is 24.1 Å². The summed E-state index contributed by atoms with van der Waals surface area (Å²) in [5.41, 5.74) is 0.141. The quantitative estimate of drug-likeness (QED) is 0.746. The lowest BCUT2D eigenvalue weighted by Gasteiger charge is -2.18. The summed E-state index contributed by atoms with van der Waals surface area (Å²) in [4.78, 5) is 24.5. The van der Waals surface area contributed by atoms with Gasteiger partial charge in [-0.3, -0.25) is 0 Å². The predicted octanol–water partition coefficient (Wildman–Crippen LogP) is 3.34. The molecule has 21 heavy (non-hydrogen) atoms. The molecule has 0 aromatic heterocycles. The van der Waals surface area contributed by atoms with Crippen LogP contribution in [0.4, 0.5) is 0 Å². The summed E-state index contributed by atoms with van der Waals surface area (Å²) in [6, 6.07) is 0. The SMILES string of the molecule is CC(C)OC(=O)C1=CC=CC(C)(C)C=C1C(=O)OC(C)C. The first kappa shape index (κ1) is 17.2. The van der Waals surface area contributed by atoms with Gasteiger partial charge in [-0.25, -0.2) is 9.59 Å². The molecular formula is C17H24O4. The van der Waals surface area contributed by atoms with E-state index in [4.69, 9.17) is 9.47 Å². The maximum absolute atomic E-state index is 12.3. The molecule has 0 radical (unpaired) electrons. The third-order valence-corrected chi connectivity index (χ3v) is 2.72. The Labute approximate surface area is 126 Å². The minimum Gasteiger partial charge on any atom is -0.459 e. The van der Waals surface area contributed by atoms with E-state index in [2.05, 4.69) is 0 Å². The first-order chi connectivity index (χ1) is 9.62. The highest BCUT2D eigenvalue weighted by Crippen LogP contribution is 2.29. The van der Waals surface area contributed by atoms with Crippen LogP contribution in [-0.2, 0) is 19.1 Å². The van der Waals surface area contributed by atoms with Gasteiger partial charge in [-0.2, -0.15) is 0 Å². The highest BCUT2D eigenvalue weighted by molar-refractivity contribution is 6.07. The van der Waals surface area contributed by atoms with E-state index in [-0.39, 0.29) is 28.8 Å². The smallest absolute Gasteiger partial charge is 0.339 e. The second-order valence-corrected chi connectivity index (χ2v) is 6.23. The van der Waals surface area contributed by atoms with Crippen molar-refractivity contribution in [3.8, 4) is 0 Å². The van der Waals surface area contributed by atoms with Gasteiger partial charge in [0.05, 0.1) is 23.4 Å². The fraction of sp³-hybridized carbons (Fsp3) is 0.529. The van der Waals surface area contributed by atoms with Gasteiger partial charge < -0.3 is 9.47 Å². The molecule has 0 amide bonds. The molecule has 1 aliphatic rings. The maximum Gasteiger partial charge on any atom is 0.339 e. The van der Waals surface area contributed by atoms with Gasteiger partial charge in [0, 0.05) is 5.41 Å². The first-order valence-corrected chi connectivity index (χ1v) is 7.17. The molecule has 0 N–H and O–H groups in total. The predicted molar refractivity (Wildman–Crippen MR) is 81.5 cm³/mol. The lowest BCUT2D eigenvalue weighted by Crippen LogP contribution is -2.22. The Balaban J connectivity index is 3.18. The van der Waals surface area contributed by atoms with Crippen molar-refractivity contribution in [1.82, 2.24) is 0 Å². The van der Waals surface area contributed by atoms with Gasteiger partial charge in [0.25, 0.3) is 0 Å². The van der Waals surface area contributed by atoms with Gasteiger partial charge in [-0.1, -0.05) is 32.1 Å². The molecule has 0 aromatic rings. The van der Waals surface area contributed by atoms with E-state index in [1.807, 2.05) is 19.9 Å². The van der Waals surface area contributed by atoms with Crippen LogP contribution in [0.1, 0.15) is 41.5 Å². The molecule has 0 spiro atoms. The first-order valence-electron chi connectivity index (χ1n) is 7.17. The molecule has 0 heterocycles. The molecule has 4 heteroatoms. The van der Waals surface area contributed by atoms with Crippen LogP contribution in [0.3, 0.4) is 0 Å². The second-order valence-electron chi connectivity index (χ2n) is 6.23. The number of hydrogen-bond donors (Lipinski definition) is 0. The third-order valence-electron chi connectivity index (χ3n) is 2.72. The molecule has 1 aliphatic carbocycles. The highest BCUT2D eigenvalue weighted by Gasteiger charge is 2.28. The van der Waals surface area contributed by atoms with E-state index in [0.717, 1.165) is 0 Å². The minimum absolute atomic E-state index is 0.233. The number of esters is 2. The standard InChI is InChI=1S/C17H24O4/c1-11(2)20-15(18)13-8-7-9-17(5,6)10-14(13)16(19)21-12(3)4/h7-12H,1-6H3. The largest absolute Gasteiger partial charge is 0.459 e. The molecule has 0 saturated carbocycles. The molecule has 0 bridgehead atoms. The van der Waals surface area contributed by atoms with Crippen molar-refractivity contribution in [2.75, 3.05) is 0 Å². The molecule has 0 aliphatic heterocycles. The summed E-state index contributed by atoms with van der Waals surface area (Å²) < 4.78 is 10.4. The van der Waals surface area contributed by atoms with Crippen LogP contribution in [0.5, 0.6) is 0 Å². The molecule has 0 saturated heterocycles. The Morgan fingerprint density at radius 3 is 1.90 bits per heavy atom. The summed E-state index contributed by atoms with van der Waals surface area (Å²) in [6.45, 7) is 11.0. The Kier molecular flexibility index (Phi) is 5.53. The molecule has 0 atom stereocenters. The Hall–Kier alpha value is -1.84. The van der Waals surface area contributed by atoms with E-state index in [1.165, 1.54) is 0 Å². The number of rotatable bonds is 4. The van der Waals surface area contributed by atoms with Crippen molar-refractivity contribution in [2.24, 2.45) is 5.41 Å². The zero-order valence-corrected chi connectivity index (χ0v) is 13.6. The van der Waals surface area contributed by atoms with Crippen LogP contribution in [0.2, 0.25) is 0 Å². The number of hydrogen-bond acceptors (Lipinski definition) is 4. The molecule has 0 fully saturated rings. The molecule has 116 valence electrons. The average Bonchev–Trinajstić information content (AvgIpc) is 2.45. The highest BCUT2D eigenvalue weighted by atomic mass is 16.5. The van der Waals surface area contributed by atoms with Crippen LogP contribution in [0.15, 0.2) is 35.5 Å². The summed E-state index contributed by atoms with van der Waals surface area (Å²) in [7, 11) is 0. The average molecular weight is 292 g/mol. The van der Waals surface area contributed by atoms with Crippen LogP contribution in [0.25, 0.3) is 0 Å². The normalized spacial score (nSPS) is 17.1. The van der Waals surface area contributed by atoms with E-state index in [9.17, 15) is 9.59 Å². The van der Waals surface area contributed by atoms with Gasteiger partial charge in [0.2, 0.25) is 0 Å². The van der Waals surface area contributed by atoms with Crippen LogP contribution < -0.4 is 0 Å². The fourth-order valence-electron chi connectivity index (χ4n) is 1.88. The molecule has 1 rings (SSSR count). The number of ether oxygens (including phenoxy) is 2. The summed E-state index contributed by atoms with van der Waals surface area (Å²) in [5, 5.41) is 0. The van der Waals surface area contributed by atoms with E-state index in [0.29, 0.717) is 0 Å². The van der Waals surface area contributed by atoms with E-state index >= 15 is 0 Å². The summed E-state index contributed by atoms with van der Waals surface area (Å²) in [5.74, 6) is -1.02. The van der Waals surface area contributed by atoms with E-state index in [1.54, 1.807) is 45.9 Å². The van der Waals surface area contributed by atoms with Gasteiger partial charge in [0.1, 0.15) is 0 Å². The van der Waals surface area contributed by atoms with Crippen molar-refractivity contribution >= 4 is 11.9 Å². The summed E-state index contributed by atoms with van der Waals surface area (Å²) in [6.07, 6.45) is 6.54. The zero-order chi connectivity index (χ0) is 16.2. The van der Waals surface area contributed by atoms with Crippen molar-refractivity contribution < 1.29 is 19.1 Å². The van der Waals surface area contributed by atoms with Crippen molar-refractivity contribution in [3.63, 3.8) is 0 Å². The topological polar surface area (TPSA) is 52.6 Å². The monoisotopic (exact) mass is 292 g/mol. The van der Waals surface area contributed by atoms with E-state index < -0.39 is 11.9 Å². The van der Waals surface area contributed by atoms with Gasteiger partial charge in [-0.05, 0) is 33.8 Å². The number of allylic oxidation sites excluding steroid dienone is 4. The Morgan fingerprint density at radius 2 is 1.43 bits per heavy atom. The van der Waals surface area contributed by atoms with Gasteiger partial charge in [0.15, 0.2) is 0 Å². The molecule has 0 unspecified atom stereocenters. The van der Waals surface area contributed by atoms with Crippen molar-refractivity contribution in [1.29, 1.82) is 0 Å². The van der Waals surface area contributed by atoms with Gasteiger partial charge in [-0.15, -0.1) is 0 Å².